The second kappa shape index (κ2) is 10.7. The van der Waals surface area contributed by atoms with Crippen molar-refractivity contribution in [3.05, 3.63) is 204 Å². The average molecular weight is 691 g/mol. The number of para-hydroxylation sites is 1. The molecule has 3 aliphatic rings. The van der Waals surface area contributed by atoms with Crippen molar-refractivity contribution in [3.63, 3.8) is 0 Å². The van der Waals surface area contributed by atoms with Gasteiger partial charge >= 0.3 is 0 Å². The molecule has 9 aromatic rings. The molecular formula is C50H30N2S. The molecule has 1 aromatic heterocycles. The van der Waals surface area contributed by atoms with E-state index in [9.17, 15) is 0 Å². The molecule has 0 unspecified atom stereocenters. The summed E-state index contributed by atoms with van der Waals surface area (Å²) in [5.41, 5.74) is 18.5. The summed E-state index contributed by atoms with van der Waals surface area (Å²) < 4.78 is 0. The first-order chi connectivity index (χ1) is 26.3. The molecule has 0 N–H and O–H groups in total. The smallest absolute Gasteiger partial charge is 0.124 e. The number of anilines is 3. The number of thiazole rings is 1. The van der Waals surface area contributed by atoms with Gasteiger partial charge in [0.1, 0.15) is 5.01 Å². The standard InChI is InChI=1S/C50H30N2S/c1-3-14-31(15-4-1)49-51-47-38-27-29-45(37-21-13-22-39(46(37)38)48(47)53-49)52(32-16-5-2-6-17-32)33-26-28-44-40(30-33)36-20-9-12-25-43(36)50(44)41-23-10-7-18-34(41)35-19-8-11-24-42(35)50/h1-30H. The van der Waals surface area contributed by atoms with Crippen molar-refractivity contribution in [2.45, 2.75) is 5.41 Å². The third-order valence-electron chi connectivity index (χ3n) is 11.7. The lowest BCUT2D eigenvalue weighted by Gasteiger charge is -2.31. The Morgan fingerprint density at radius 1 is 0.434 bits per heavy atom. The van der Waals surface area contributed by atoms with Crippen molar-refractivity contribution in [2.24, 2.45) is 0 Å². The summed E-state index contributed by atoms with van der Waals surface area (Å²) in [6, 6.07) is 67.0. The van der Waals surface area contributed by atoms with Crippen LogP contribution in [0.3, 0.4) is 0 Å². The molecular weight excluding hydrogens is 661 g/mol. The number of nitrogens with zero attached hydrogens (tertiary/aromatic N) is 2. The maximum Gasteiger partial charge on any atom is 0.124 e. The largest absolute Gasteiger partial charge is 0.310 e. The molecule has 0 amide bonds. The van der Waals surface area contributed by atoms with Crippen LogP contribution in [0.4, 0.5) is 17.1 Å². The number of hydrogen-bond donors (Lipinski definition) is 0. The molecule has 0 atom stereocenters. The molecule has 3 aliphatic carbocycles. The summed E-state index contributed by atoms with van der Waals surface area (Å²) in [7, 11) is 0. The predicted molar refractivity (Wildman–Crippen MR) is 220 cm³/mol. The molecule has 0 aliphatic heterocycles. The van der Waals surface area contributed by atoms with Gasteiger partial charge in [0.15, 0.2) is 0 Å². The van der Waals surface area contributed by atoms with Gasteiger partial charge in [-0.05, 0) is 74.8 Å². The van der Waals surface area contributed by atoms with Crippen LogP contribution in [0.15, 0.2) is 182 Å². The molecule has 12 rings (SSSR count). The van der Waals surface area contributed by atoms with Crippen LogP contribution >= 0.6 is 11.3 Å². The highest BCUT2D eigenvalue weighted by atomic mass is 32.1. The van der Waals surface area contributed by atoms with Gasteiger partial charge in [-0.25, -0.2) is 4.98 Å². The molecule has 2 nitrogen and oxygen atoms in total. The maximum absolute atomic E-state index is 5.22. The number of fused-ring (bicyclic) bond motifs is 13. The van der Waals surface area contributed by atoms with Crippen LogP contribution in [0.5, 0.6) is 0 Å². The third kappa shape index (κ3) is 3.79. The third-order valence-corrected chi connectivity index (χ3v) is 12.8. The van der Waals surface area contributed by atoms with Crippen LogP contribution in [0, 0.1) is 0 Å². The number of benzene rings is 8. The van der Waals surface area contributed by atoms with Gasteiger partial charge in [-0.2, -0.15) is 0 Å². The fourth-order valence-corrected chi connectivity index (χ4v) is 10.7. The van der Waals surface area contributed by atoms with Crippen LogP contribution < -0.4 is 4.90 Å². The van der Waals surface area contributed by atoms with E-state index >= 15 is 0 Å². The average Bonchev–Trinajstić information content (AvgIpc) is 3.96. The molecule has 0 bridgehead atoms. The molecule has 0 radical (unpaired) electrons. The second-order valence-electron chi connectivity index (χ2n) is 14.2. The monoisotopic (exact) mass is 690 g/mol. The zero-order valence-corrected chi connectivity index (χ0v) is 29.4. The van der Waals surface area contributed by atoms with Crippen molar-refractivity contribution in [1.82, 2.24) is 4.98 Å². The Kier molecular flexibility index (Phi) is 5.89. The van der Waals surface area contributed by atoms with E-state index in [1.807, 2.05) is 0 Å². The molecule has 0 fully saturated rings. The lowest BCUT2D eigenvalue weighted by Crippen LogP contribution is -2.25. The first kappa shape index (κ1) is 29.1. The number of aromatic nitrogens is 1. The topological polar surface area (TPSA) is 16.1 Å². The summed E-state index contributed by atoms with van der Waals surface area (Å²) in [6.07, 6.45) is 0. The van der Waals surface area contributed by atoms with Crippen LogP contribution in [0.2, 0.25) is 0 Å². The second-order valence-corrected chi connectivity index (χ2v) is 15.2. The summed E-state index contributed by atoms with van der Waals surface area (Å²) in [4.78, 5) is 8.93. The molecule has 1 spiro atoms. The summed E-state index contributed by atoms with van der Waals surface area (Å²) in [6.45, 7) is 0. The van der Waals surface area contributed by atoms with Crippen molar-refractivity contribution in [1.29, 1.82) is 0 Å². The van der Waals surface area contributed by atoms with Crippen molar-refractivity contribution >= 4 is 39.2 Å². The fraction of sp³-hybridized carbons (Fsp3) is 0.0200. The van der Waals surface area contributed by atoms with Crippen LogP contribution in [-0.2, 0) is 5.41 Å². The normalized spacial score (nSPS) is 13.4. The van der Waals surface area contributed by atoms with Gasteiger partial charge in [0, 0.05) is 38.8 Å². The van der Waals surface area contributed by atoms with E-state index in [1.54, 1.807) is 11.3 Å². The minimum atomic E-state index is -0.361. The van der Waals surface area contributed by atoms with Gasteiger partial charge < -0.3 is 4.90 Å². The highest BCUT2D eigenvalue weighted by Gasteiger charge is 2.51. The Hall–Kier alpha value is -6.55. The molecule has 246 valence electrons. The Bertz CT molecular complexity index is 2890. The van der Waals surface area contributed by atoms with E-state index < -0.39 is 0 Å². The molecule has 1 heterocycles. The molecule has 8 aromatic carbocycles. The summed E-state index contributed by atoms with van der Waals surface area (Å²) >= 11 is 1.79. The van der Waals surface area contributed by atoms with Crippen molar-refractivity contribution in [2.75, 3.05) is 4.90 Å². The number of rotatable bonds is 4. The zero-order chi connectivity index (χ0) is 34.7. The molecule has 0 saturated carbocycles. The van der Waals surface area contributed by atoms with E-state index in [-0.39, 0.29) is 5.41 Å². The minimum absolute atomic E-state index is 0.361. The predicted octanol–water partition coefficient (Wildman–Crippen LogP) is 13.4. The quantitative estimate of drug-likeness (QED) is 0.183. The Balaban J connectivity index is 1.07. The Labute approximate surface area is 311 Å². The first-order valence-corrected chi connectivity index (χ1v) is 19.0. The van der Waals surface area contributed by atoms with E-state index in [2.05, 4.69) is 187 Å². The van der Waals surface area contributed by atoms with Gasteiger partial charge in [0.25, 0.3) is 0 Å². The van der Waals surface area contributed by atoms with E-state index in [4.69, 9.17) is 4.98 Å². The highest BCUT2D eigenvalue weighted by molar-refractivity contribution is 7.19. The highest BCUT2D eigenvalue weighted by Crippen LogP contribution is 2.63. The van der Waals surface area contributed by atoms with Gasteiger partial charge in [-0.1, -0.05) is 152 Å². The van der Waals surface area contributed by atoms with Gasteiger partial charge in [-0.3, -0.25) is 0 Å². The number of hydrogen-bond acceptors (Lipinski definition) is 3. The lowest BCUT2D eigenvalue weighted by atomic mass is 9.70. The van der Waals surface area contributed by atoms with Crippen LogP contribution in [0.25, 0.3) is 65.3 Å². The molecule has 0 saturated heterocycles. The van der Waals surface area contributed by atoms with Gasteiger partial charge in [-0.15, -0.1) is 11.3 Å². The Morgan fingerprint density at radius 2 is 1.02 bits per heavy atom. The van der Waals surface area contributed by atoms with E-state index in [0.29, 0.717) is 0 Å². The minimum Gasteiger partial charge on any atom is -0.310 e. The Morgan fingerprint density at radius 3 is 1.72 bits per heavy atom. The van der Waals surface area contributed by atoms with E-state index in [1.165, 1.54) is 71.3 Å². The zero-order valence-electron chi connectivity index (χ0n) is 28.6. The van der Waals surface area contributed by atoms with Gasteiger partial charge in [0.2, 0.25) is 0 Å². The first-order valence-electron chi connectivity index (χ1n) is 18.2. The van der Waals surface area contributed by atoms with Crippen molar-refractivity contribution < 1.29 is 0 Å². The van der Waals surface area contributed by atoms with Crippen LogP contribution in [-0.4, -0.2) is 4.98 Å². The molecule has 53 heavy (non-hydrogen) atoms. The SMILES string of the molecule is c1ccc(-c2nc3c(s2)-c2cccc4c(N(c5ccccc5)c5ccc6c(c5)-c5ccccc5C65c6ccccc6-c6ccccc65)ccc-3c24)cc1. The van der Waals surface area contributed by atoms with Crippen LogP contribution in [0.1, 0.15) is 22.3 Å². The van der Waals surface area contributed by atoms with Crippen molar-refractivity contribution in [3.8, 4) is 54.5 Å². The summed E-state index contributed by atoms with van der Waals surface area (Å²) in [5, 5.41) is 3.58. The summed E-state index contributed by atoms with van der Waals surface area (Å²) in [5.74, 6) is 0. The lowest BCUT2D eigenvalue weighted by molar-refractivity contribution is 0.794. The van der Waals surface area contributed by atoms with E-state index in [0.717, 1.165) is 33.3 Å². The van der Waals surface area contributed by atoms with Gasteiger partial charge in [0.05, 0.1) is 21.7 Å². The molecule has 3 heteroatoms. The fourth-order valence-electron chi connectivity index (χ4n) is 9.59. The maximum atomic E-state index is 5.22.